The zero-order chi connectivity index (χ0) is 14.8. The predicted molar refractivity (Wildman–Crippen MR) is 80.7 cm³/mol. The second-order valence-electron chi connectivity index (χ2n) is 5.85. The second kappa shape index (κ2) is 6.12. The van der Waals surface area contributed by atoms with Crippen molar-refractivity contribution in [1.29, 1.82) is 0 Å². The first-order valence-corrected chi connectivity index (χ1v) is 7.27. The number of hydrogen-bond donors (Lipinski definition) is 2. The van der Waals surface area contributed by atoms with Gasteiger partial charge < -0.3 is 9.47 Å². The topological polar surface area (TPSA) is 56.5 Å². The van der Waals surface area contributed by atoms with Gasteiger partial charge in [0.15, 0.2) is 0 Å². The van der Waals surface area contributed by atoms with Gasteiger partial charge in [-0.2, -0.15) is 0 Å². The van der Waals surface area contributed by atoms with Gasteiger partial charge in [-0.25, -0.2) is 5.43 Å². The molecule has 0 radical (unpaired) electrons. The number of ether oxygens (including phenoxy) is 2. The molecule has 0 saturated carbocycles. The van der Waals surface area contributed by atoms with Crippen LogP contribution >= 0.6 is 0 Å². The van der Waals surface area contributed by atoms with Gasteiger partial charge in [-0.15, -0.1) is 0 Å². The molecule has 1 fully saturated rings. The Morgan fingerprint density at radius 3 is 2.65 bits per heavy atom. The van der Waals surface area contributed by atoms with Crippen LogP contribution in [0.1, 0.15) is 48.9 Å². The van der Waals surface area contributed by atoms with Crippen molar-refractivity contribution in [3.05, 3.63) is 28.8 Å². The molecule has 1 aromatic carbocycles. The maximum Gasteiger partial charge on any atom is 0.126 e. The fourth-order valence-corrected chi connectivity index (χ4v) is 3.09. The van der Waals surface area contributed by atoms with E-state index in [1.165, 1.54) is 12.0 Å². The van der Waals surface area contributed by atoms with Crippen LogP contribution in [0.2, 0.25) is 0 Å². The molecule has 0 aliphatic carbocycles. The minimum Gasteiger partial charge on any atom is -0.496 e. The Bertz CT molecular complexity index is 468. The number of nitrogens with one attached hydrogen (secondary N) is 1. The lowest BCUT2D eigenvalue weighted by molar-refractivity contribution is -0.0902. The summed E-state index contributed by atoms with van der Waals surface area (Å²) >= 11 is 0. The van der Waals surface area contributed by atoms with E-state index in [9.17, 15) is 0 Å². The van der Waals surface area contributed by atoms with Crippen LogP contribution in [0.5, 0.6) is 5.75 Å². The number of rotatable bonds is 4. The lowest BCUT2D eigenvalue weighted by Crippen LogP contribution is -2.48. The molecule has 1 heterocycles. The van der Waals surface area contributed by atoms with Gasteiger partial charge >= 0.3 is 0 Å². The third-order valence-corrected chi connectivity index (χ3v) is 4.50. The summed E-state index contributed by atoms with van der Waals surface area (Å²) in [5.41, 5.74) is 6.10. The van der Waals surface area contributed by atoms with Crippen molar-refractivity contribution in [2.75, 3.05) is 13.7 Å². The van der Waals surface area contributed by atoms with E-state index in [1.54, 1.807) is 7.11 Å². The molecule has 3 N–H and O–H groups in total. The number of hydrazine groups is 1. The minimum atomic E-state index is -0.290. The summed E-state index contributed by atoms with van der Waals surface area (Å²) in [6.45, 7) is 7.09. The Morgan fingerprint density at radius 2 is 2.10 bits per heavy atom. The quantitative estimate of drug-likeness (QED) is 0.657. The third kappa shape index (κ3) is 2.68. The molecule has 1 aromatic rings. The molecular weight excluding hydrogens is 252 g/mol. The van der Waals surface area contributed by atoms with E-state index in [0.29, 0.717) is 0 Å². The van der Waals surface area contributed by atoms with Gasteiger partial charge in [-0.1, -0.05) is 12.1 Å². The largest absolute Gasteiger partial charge is 0.496 e. The molecule has 0 spiro atoms. The van der Waals surface area contributed by atoms with Gasteiger partial charge in [0.1, 0.15) is 5.75 Å². The molecule has 20 heavy (non-hydrogen) atoms. The Labute approximate surface area is 121 Å². The van der Waals surface area contributed by atoms with Gasteiger partial charge in [0, 0.05) is 12.2 Å². The van der Waals surface area contributed by atoms with Crippen LogP contribution in [-0.4, -0.2) is 19.3 Å². The van der Waals surface area contributed by atoms with E-state index in [1.807, 2.05) is 0 Å². The molecule has 112 valence electrons. The summed E-state index contributed by atoms with van der Waals surface area (Å²) in [7, 11) is 1.71. The highest BCUT2D eigenvalue weighted by molar-refractivity contribution is 5.47. The molecular formula is C16H26N2O2. The smallest absolute Gasteiger partial charge is 0.126 e. The molecule has 4 heteroatoms. The molecule has 0 aromatic heterocycles. The van der Waals surface area contributed by atoms with Crippen LogP contribution in [-0.2, 0) is 4.74 Å². The summed E-state index contributed by atoms with van der Waals surface area (Å²) < 4.78 is 11.7. The Balaban J connectivity index is 2.44. The highest BCUT2D eigenvalue weighted by Crippen LogP contribution is 2.41. The summed E-state index contributed by atoms with van der Waals surface area (Å²) in [4.78, 5) is 0. The predicted octanol–water partition coefficient (Wildman–Crippen LogP) is 2.78. The normalized spacial score (nSPS) is 24.4. The van der Waals surface area contributed by atoms with E-state index in [2.05, 4.69) is 38.3 Å². The molecule has 1 aliphatic rings. The van der Waals surface area contributed by atoms with Crippen LogP contribution in [0.3, 0.4) is 0 Å². The fraction of sp³-hybridized carbons (Fsp3) is 0.625. The molecule has 2 atom stereocenters. The van der Waals surface area contributed by atoms with Gasteiger partial charge in [0.25, 0.3) is 0 Å². The lowest BCUT2D eigenvalue weighted by Gasteiger charge is -2.41. The maximum atomic E-state index is 6.04. The van der Waals surface area contributed by atoms with Crippen molar-refractivity contribution in [1.82, 2.24) is 5.43 Å². The molecule has 2 unspecified atom stereocenters. The van der Waals surface area contributed by atoms with Gasteiger partial charge in [0.2, 0.25) is 0 Å². The fourth-order valence-electron chi connectivity index (χ4n) is 3.09. The van der Waals surface area contributed by atoms with Crippen LogP contribution in [0.25, 0.3) is 0 Å². The zero-order valence-electron chi connectivity index (χ0n) is 13.0. The van der Waals surface area contributed by atoms with E-state index in [-0.39, 0.29) is 11.6 Å². The number of hydrogen-bond acceptors (Lipinski definition) is 4. The monoisotopic (exact) mass is 278 g/mol. The average molecular weight is 278 g/mol. The first kappa shape index (κ1) is 15.3. The number of benzene rings is 1. The molecule has 0 bridgehead atoms. The highest BCUT2D eigenvalue weighted by atomic mass is 16.5. The van der Waals surface area contributed by atoms with Crippen LogP contribution < -0.4 is 16.0 Å². The van der Waals surface area contributed by atoms with Crippen LogP contribution in [0.4, 0.5) is 0 Å². The molecule has 4 nitrogen and oxygen atoms in total. The van der Waals surface area contributed by atoms with Crippen LogP contribution in [0, 0.1) is 13.8 Å². The number of aryl methyl sites for hydroxylation is 1. The zero-order valence-corrected chi connectivity index (χ0v) is 13.0. The molecule has 1 aliphatic heterocycles. The van der Waals surface area contributed by atoms with Crippen molar-refractivity contribution in [3.8, 4) is 5.75 Å². The average Bonchev–Trinajstić information content (AvgIpc) is 2.44. The second-order valence-corrected chi connectivity index (χ2v) is 5.85. The van der Waals surface area contributed by atoms with E-state index in [4.69, 9.17) is 15.3 Å². The van der Waals surface area contributed by atoms with E-state index in [0.717, 1.165) is 36.3 Å². The first-order valence-electron chi connectivity index (χ1n) is 7.27. The Hall–Kier alpha value is -1.10. The Kier molecular flexibility index (Phi) is 4.68. The van der Waals surface area contributed by atoms with Crippen LogP contribution in [0.15, 0.2) is 12.1 Å². The minimum absolute atomic E-state index is 0.0722. The van der Waals surface area contributed by atoms with Crippen molar-refractivity contribution in [2.45, 2.75) is 51.7 Å². The Morgan fingerprint density at radius 1 is 1.35 bits per heavy atom. The van der Waals surface area contributed by atoms with Crippen molar-refractivity contribution < 1.29 is 9.47 Å². The van der Waals surface area contributed by atoms with E-state index >= 15 is 0 Å². The summed E-state index contributed by atoms with van der Waals surface area (Å²) in [5.74, 6) is 6.75. The van der Waals surface area contributed by atoms with Gasteiger partial charge in [-0.3, -0.25) is 5.84 Å². The maximum absolute atomic E-state index is 6.04. The molecule has 0 amide bonds. The standard InChI is InChI=1S/C16H26N2O2/c1-11-7-8-13(14(19-4)12(11)2)15(18-17)16(3)9-5-6-10-20-16/h7-8,15,18H,5-6,9-10,17H2,1-4H3. The lowest BCUT2D eigenvalue weighted by atomic mass is 9.83. The van der Waals surface area contributed by atoms with E-state index < -0.39 is 0 Å². The van der Waals surface area contributed by atoms with Crippen molar-refractivity contribution >= 4 is 0 Å². The summed E-state index contributed by atoms with van der Waals surface area (Å²) in [5, 5.41) is 0. The van der Waals surface area contributed by atoms with Crippen molar-refractivity contribution in [2.24, 2.45) is 5.84 Å². The highest BCUT2D eigenvalue weighted by Gasteiger charge is 2.39. The molecule has 2 rings (SSSR count). The van der Waals surface area contributed by atoms with Gasteiger partial charge in [-0.05, 0) is 51.2 Å². The first-order chi connectivity index (χ1) is 9.53. The summed E-state index contributed by atoms with van der Waals surface area (Å²) in [6, 6.07) is 4.13. The molecule has 1 saturated heterocycles. The SMILES string of the molecule is COc1c(C(NN)C2(C)CCCCO2)ccc(C)c1C. The number of nitrogens with two attached hydrogens (primary N) is 1. The third-order valence-electron chi connectivity index (χ3n) is 4.50. The summed E-state index contributed by atoms with van der Waals surface area (Å²) in [6.07, 6.45) is 3.29. The number of methoxy groups -OCH3 is 1. The van der Waals surface area contributed by atoms with Crippen molar-refractivity contribution in [3.63, 3.8) is 0 Å². The van der Waals surface area contributed by atoms with Gasteiger partial charge in [0.05, 0.1) is 18.8 Å².